The zero-order valence-electron chi connectivity index (χ0n) is 12.5. The summed E-state index contributed by atoms with van der Waals surface area (Å²) < 4.78 is 45.9. The lowest BCUT2D eigenvalue weighted by molar-refractivity contribution is 0.210. The highest BCUT2D eigenvalue weighted by Crippen LogP contribution is 2.25. The third-order valence-electron chi connectivity index (χ3n) is 3.82. The number of halogens is 1. The van der Waals surface area contributed by atoms with E-state index in [1.807, 2.05) is 0 Å². The highest BCUT2D eigenvalue weighted by atomic mass is 32.2. The summed E-state index contributed by atoms with van der Waals surface area (Å²) in [5.74, 6) is 0.138. The van der Waals surface area contributed by atoms with Gasteiger partial charge in [0.15, 0.2) is 0 Å². The number of sulfonamides is 1. The van der Waals surface area contributed by atoms with Crippen LogP contribution in [0, 0.1) is 5.82 Å². The molecule has 122 valence electrons. The second-order valence-electron chi connectivity index (χ2n) is 5.61. The van der Waals surface area contributed by atoms with Crippen LogP contribution in [0.1, 0.15) is 25.7 Å². The van der Waals surface area contributed by atoms with Crippen molar-refractivity contribution in [1.29, 1.82) is 0 Å². The van der Waals surface area contributed by atoms with Crippen LogP contribution in [-0.2, 0) is 10.0 Å². The monoisotopic (exact) mass is 335 g/mol. The normalized spacial score (nSPS) is 15.5. The van der Waals surface area contributed by atoms with Crippen LogP contribution >= 0.6 is 0 Å². The molecule has 0 bridgehead atoms. The van der Waals surface area contributed by atoms with Crippen LogP contribution in [0.4, 0.5) is 10.1 Å². The number of hydrogen-bond acceptors (Lipinski definition) is 3. The van der Waals surface area contributed by atoms with Gasteiger partial charge in [0.1, 0.15) is 11.6 Å². The Morgan fingerprint density at radius 3 is 2.39 bits per heavy atom. The maximum atomic E-state index is 13.2. The van der Waals surface area contributed by atoms with Gasteiger partial charge in [-0.25, -0.2) is 12.8 Å². The van der Waals surface area contributed by atoms with Crippen molar-refractivity contribution in [1.82, 2.24) is 0 Å². The fourth-order valence-electron chi connectivity index (χ4n) is 2.65. The van der Waals surface area contributed by atoms with Gasteiger partial charge in [-0.05, 0) is 68.1 Å². The Balaban J connectivity index is 1.70. The molecular formula is C17H18FNO3S. The van der Waals surface area contributed by atoms with Crippen molar-refractivity contribution in [3.63, 3.8) is 0 Å². The van der Waals surface area contributed by atoms with Gasteiger partial charge < -0.3 is 4.74 Å². The molecule has 1 aliphatic carbocycles. The zero-order valence-corrected chi connectivity index (χ0v) is 13.4. The van der Waals surface area contributed by atoms with E-state index in [0.29, 0.717) is 5.69 Å². The molecule has 2 aromatic rings. The van der Waals surface area contributed by atoms with E-state index in [1.165, 1.54) is 31.0 Å². The molecule has 0 radical (unpaired) electrons. The van der Waals surface area contributed by atoms with Crippen molar-refractivity contribution in [2.75, 3.05) is 4.72 Å². The SMILES string of the molecule is O=S(=O)(Nc1ccc(OC2CCCC2)cc1)c1cccc(F)c1. The Labute approximate surface area is 135 Å². The van der Waals surface area contributed by atoms with Crippen molar-refractivity contribution in [3.05, 3.63) is 54.3 Å². The Morgan fingerprint density at radius 1 is 1.04 bits per heavy atom. The first-order valence-electron chi connectivity index (χ1n) is 7.58. The van der Waals surface area contributed by atoms with Gasteiger partial charge in [-0.1, -0.05) is 6.07 Å². The van der Waals surface area contributed by atoms with Gasteiger partial charge in [-0.15, -0.1) is 0 Å². The highest BCUT2D eigenvalue weighted by Gasteiger charge is 2.17. The largest absolute Gasteiger partial charge is 0.490 e. The Hall–Kier alpha value is -2.08. The number of rotatable bonds is 5. The van der Waals surface area contributed by atoms with Crippen LogP contribution in [0.5, 0.6) is 5.75 Å². The zero-order chi connectivity index (χ0) is 16.3. The standard InChI is InChI=1S/C17H18FNO3S/c18-13-4-3-7-17(12-13)23(20,21)19-14-8-10-16(11-9-14)22-15-5-1-2-6-15/h3-4,7-12,15,19H,1-2,5-6H2. The van der Waals surface area contributed by atoms with Crippen molar-refractivity contribution < 1.29 is 17.5 Å². The van der Waals surface area contributed by atoms with E-state index < -0.39 is 15.8 Å². The van der Waals surface area contributed by atoms with Crippen molar-refractivity contribution >= 4 is 15.7 Å². The van der Waals surface area contributed by atoms with Gasteiger partial charge in [0.05, 0.1) is 11.0 Å². The van der Waals surface area contributed by atoms with E-state index in [-0.39, 0.29) is 11.0 Å². The summed E-state index contributed by atoms with van der Waals surface area (Å²) in [7, 11) is -3.80. The molecule has 0 heterocycles. The second kappa shape index (κ2) is 6.58. The van der Waals surface area contributed by atoms with E-state index in [2.05, 4.69) is 4.72 Å². The molecule has 3 rings (SSSR count). The third-order valence-corrected chi connectivity index (χ3v) is 5.20. The first kappa shape index (κ1) is 15.8. The topological polar surface area (TPSA) is 55.4 Å². The molecule has 2 aromatic carbocycles. The fourth-order valence-corrected chi connectivity index (χ4v) is 3.74. The molecule has 0 atom stereocenters. The average molecular weight is 335 g/mol. The van der Waals surface area contributed by atoms with Crippen LogP contribution in [0.2, 0.25) is 0 Å². The van der Waals surface area contributed by atoms with Crippen LogP contribution < -0.4 is 9.46 Å². The first-order valence-corrected chi connectivity index (χ1v) is 9.06. The molecule has 1 N–H and O–H groups in total. The lowest BCUT2D eigenvalue weighted by Gasteiger charge is -2.14. The lowest BCUT2D eigenvalue weighted by Crippen LogP contribution is -2.13. The number of anilines is 1. The van der Waals surface area contributed by atoms with Crippen molar-refractivity contribution in [2.45, 2.75) is 36.7 Å². The van der Waals surface area contributed by atoms with Gasteiger partial charge in [-0.3, -0.25) is 4.72 Å². The maximum Gasteiger partial charge on any atom is 0.261 e. The summed E-state index contributed by atoms with van der Waals surface area (Å²) in [5.41, 5.74) is 0.410. The molecule has 1 fully saturated rings. The van der Waals surface area contributed by atoms with Crippen LogP contribution in [0.3, 0.4) is 0 Å². The molecule has 4 nitrogen and oxygen atoms in total. The smallest absolute Gasteiger partial charge is 0.261 e. The molecule has 0 aliphatic heterocycles. The number of ether oxygens (including phenoxy) is 1. The number of benzene rings is 2. The van der Waals surface area contributed by atoms with E-state index in [4.69, 9.17) is 4.74 Å². The molecule has 1 aliphatic rings. The molecule has 0 aromatic heterocycles. The lowest BCUT2D eigenvalue weighted by atomic mass is 10.3. The van der Waals surface area contributed by atoms with Crippen molar-refractivity contribution in [2.24, 2.45) is 0 Å². The van der Waals surface area contributed by atoms with Gasteiger partial charge >= 0.3 is 0 Å². The number of hydrogen-bond donors (Lipinski definition) is 1. The summed E-state index contributed by atoms with van der Waals surface area (Å²) in [6.07, 6.45) is 4.76. The molecule has 23 heavy (non-hydrogen) atoms. The fraction of sp³-hybridized carbons (Fsp3) is 0.294. The van der Waals surface area contributed by atoms with Crippen LogP contribution in [0.25, 0.3) is 0 Å². The van der Waals surface area contributed by atoms with E-state index in [9.17, 15) is 12.8 Å². The third kappa shape index (κ3) is 4.01. The molecule has 0 saturated heterocycles. The molecule has 0 unspecified atom stereocenters. The summed E-state index contributed by atoms with van der Waals surface area (Å²) in [5, 5.41) is 0. The molecule has 1 saturated carbocycles. The predicted octanol–water partition coefficient (Wildman–Crippen LogP) is 3.95. The van der Waals surface area contributed by atoms with E-state index >= 15 is 0 Å². The Bertz CT molecular complexity index is 769. The van der Waals surface area contributed by atoms with Crippen LogP contribution in [-0.4, -0.2) is 14.5 Å². The summed E-state index contributed by atoms with van der Waals surface area (Å²) in [4.78, 5) is -0.108. The van der Waals surface area contributed by atoms with Gasteiger partial charge in [0.25, 0.3) is 10.0 Å². The minimum absolute atomic E-state index is 0.108. The summed E-state index contributed by atoms with van der Waals surface area (Å²) >= 11 is 0. The van der Waals surface area contributed by atoms with Gasteiger partial charge in [0, 0.05) is 5.69 Å². The van der Waals surface area contributed by atoms with Gasteiger partial charge in [0.2, 0.25) is 0 Å². The predicted molar refractivity (Wildman–Crippen MR) is 86.5 cm³/mol. The second-order valence-corrected chi connectivity index (χ2v) is 7.29. The van der Waals surface area contributed by atoms with Crippen molar-refractivity contribution in [3.8, 4) is 5.75 Å². The van der Waals surface area contributed by atoms with E-state index in [0.717, 1.165) is 24.7 Å². The highest BCUT2D eigenvalue weighted by molar-refractivity contribution is 7.92. The minimum Gasteiger partial charge on any atom is -0.490 e. The van der Waals surface area contributed by atoms with Gasteiger partial charge in [-0.2, -0.15) is 0 Å². The Morgan fingerprint density at radius 2 is 1.74 bits per heavy atom. The van der Waals surface area contributed by atoms with E-state index in [1.54, 1.807) is 24.3 Å². The molecular weight excluding hydrogens is 317 g/mol. The Kier molecular flexibility index (Phi) is 4.52. The maximum absolute atomic E-state index is 13.2. The molecule has 0 amide bonds. The molecule has 0 spiro atoms. The summed E-state index contributed by atoms with van der Waals surface area (Å²) in [6, 6.07) is 11.7. The molecule has 6 heteroatoms. The minimum atomic E-state index is -3.80. The van der Waals surface area contributed by atoms with Crippen LogP contribution in [0.15, 0.2) is 53.4 Å². The first-order chi connectivity index (χ1) is 11.0. The average Bonchev–Trinajstić information content (AvgIpc) is 3.02. The quantitative estimate of drug-likeness (QED) is 0.900. The summed E-state index contributed by atoms with van der Waals surface area (Å²) in [6.45, 7) is 0. The number of nitrogens with one attached hydrogen (secondary N) is 1.